The lowest BCUT2D eigenvalue weighted by atomic mass is 10.2. The molecule has 0 aromatic carbocycles. The molecule has 0 aliphatic rings. The maximum atomic E-state index is 11.4. The predicted octanol–water partition coefficient (Wildman–Crippen LogP) is 6.52. The summed E-state index contributed by atoms with van der Waals surface area (Å²) >= 11 is 0. The van der Waals surface area contributed by atoms with Crippen LogP contribution in [0.15, 0.2) is 85.6 Å². The minimum atomic E-state index is -0.397. The van der Waals surface area contributed by atoms with Gasteiger partial charge in [0, 0.05) is 6.08 Å². The standard InChI is InChI=1S/C18H22O2.2C2H6/c1-5-10-16(7-3)12-9-15-20-18(19)14-13-17(8-4)11-6-2;2*1-2/h6-14H,2-5,15H2,1H3;2*1-2H3/b12-9-,14-13+,16-10-,17-11+;;. The summed E-state index contributed by atoms with van der Waals surface area (Å²) in [5.41, 5.74) is 1.81. The van der Waals surface area contributed by atoms with Crippen molar-refractivity contribution in [3.63, 3.8) is 0 Å². The van der Waals surface area contributed by atoms with Gasteiger partial charge >= 0.3 is 5.97 Å². The molecule has 0 amide bonds. The van der Waals surface area contributed by atoms with Crippen LogP contribution in [0.25, 0.3) is 0 Å². The van der Waals surface area contributed by atoms with Gasteiger partial charge in [-0.25, -0.2) is 4.79 Å². The van der Waals surface area contributed by atoms with E-state index in [1.54, 1.807) is 36.5 Å². The van der Waals surface area contributed by atoms with Crippen LogP contribution in [-0.4, -0.2) is 12.6 Å². The van der Waals surface area contributed by atoms with Crippen molar-refractivity contribution in [2.45, 2.75) is 41.0 Å². The fraction of sp³-hybridized carbons (Fsp3) is 0.318. The van der Waals surface area contributed by atoms with Crippen LogP contribution < -0.4 is 0 Å². The highest BCUT2D eigenvalue weighted by molar-refractivity contribution is 5.82. The molecule has 0 heterocycles. The van der Waals surface area contributed by atoms with Crippen molar-refractivity contribution in [1.29, 1.82) is 0 Å². The second-order valence-electron chi connectivity index (χ2n) is 3.79. The molecule has 0 fully saturated rings. The van der Waals surface area contributed by atoms with Gasteiger partial charge in [-0.05, 0) is 29.7 Å². The lowest BCUT2D eigenvalue weighted by Gasteiger charge is -1.97. The molecule has 0 saturated heterocycles. The normalized spacial score (nSPS) is 11.0. The molecule has 0 spiro atoms. The zero-order chi connectivity index (χ0) is 19.2. The number of hydrogen-bond donors (Lipinski definition) is 0. The Bertz CT molecular complexity index is 460. The fourth-order valence-electron chi connectivity index (χ4n) is 1.31. The molecule has 134 valence electrons. The molecule has 0 N–H and O–H groups in total. The smallest absolute Gasteiger partial charge is 0.331 e. The predicted molar refractivity (Wildman–Crippen MR) is 109 cm³/mol. The Hall–Kier alpha value is -2.35. The maximum absolute atomic E-state index is 11.4. The molecule has 0 bridgehead atoms. The van der Waals surface area contributed by atoms with Gasteiger partial charge in [0.05, 0.1) is 0 Å². The van der Waals surface area contributed by atoms with E-state index >= 15 is 0 Å². The van der Waals surface area contributed by atoms with Gasteiger partial charge in [0.15, 0.2) is 0 Å². The van der Waals surface area contributed by atoms with E-state index in [1.807, 2.05) is 39.8 Å². The van der Waals surface area contributed by atoms with Crippen LogP contribution in [0.5, 0.6) is 0 Å². The molecular weight excluding hydrogens is 296 g/mol. The third-order valence-electron chi connectivity index (χ3n) is 2.27. The molecule has 24 heavy (non-hydrogen) atoms. The van der Waals surface area contributed by atoms with Gasteiger partial charge in [0.25, 0.3) is 0 Å². The van der Waals surface area contributed by atoms with Crippen LogP contribution in [0.4, 0.5) is 0 Å². The van der Waals surface area contributed by atoms with Crippen molar-refractivity contribution in [2.24, 2.45) is 0 Å². The van der Waals surface area contributed by atoms with Crippen molar-refractivity contribution in [1.82, 2.24) is 0 Å². The zero-order valence-corrected chi connectivity index (χ0v) is 16.0. The second-order valence-corrected chi connectivity index (χ2v) is 3.79. The van der Waals surface area contributed by atoms with Crippen molar-refractivity contribution < 1.29 is 9.53 Å². The molecular formula is C22H34O2. The molecule has 2 heteroatoms. The first-order valence-corrected chi connectivity index (χ1v) is 8.47. The van der Waals surface area contributed by atoms with Gasteiger partial charge in [-0.2, -0.15) is 0 Å². The van der Waals surface area contributed by atoms with Crippen LogP contribution in [-0.2, 0) is 9.53 Å². The number of esters is 1. The van der Waals surface area contributed by atoms with Crippen molar-refractivity contribution in [2.75, 3.05) is 6.61 Å². The van der Waals surface area contributed by atoms with Crippen LogP contribution in [0.2, 0.25) is 0 Å². The Morgan fingerprint density at radius 1 is 0.917 bits per heavy atom. The molecule has 0 aliphatic carbocycles. The molecule has 0 aromatic rings. The highest BCUT2D eigenvalue weighted by atomic mass is 16.5. The molecule has 0 aromatic heterocycles. The molecule has 0 rings (SSSR count). The highest BCUT2D eigenvalue weighted by Gasteiger charge is 1.94. The van der Waals surface area contributed by atoms with Gasteiger partial charge in [-0.15, -0.1) is 0 Å². The molecule has 0 saturated carbocycles. The lowest BCUT2D eigenvalue weighted by molar-refractivity contribution is -0.136. The Labute approximate surface area is 149 Å². The fourth-order valence-corrected chi connectivity index (χ4v) is 1.31. The summed E-state index contributed by atoms with van der Waals surface area (Å²) < 4.78 is 5.03. The summed E-state index contributed by atoms with van der Waals surface area (Å²) in [7, 11) is 0. The van der Waals surface area contributed by atoms with E-state index in [0.29, 0.717) is 0 Å². The number of carbonyl (C=O) groups excluding carboxylic acids is 1. The number of ether oxygens (including phenoxy) is 1. The van der Waals surface area contributed by atoms with Crippen LogP contribution in [0.3, 0.4) is 0 Å². The van der Waals surface area contributed by atoms with E-state index in [4.69, 9.17) is 4.74 Å². The van der Waals surface area contributed by atoms with Gasteiger partial charge in [-0.3, -0.25) is 0 Å². The van der Waals surface area contributed by atoms with Crippen LogP contribution in [0, 0.1) is 0 Å². The largest absolute Gasteiger partial charge is 0.458 e. The summed E-state index contributed by atoms with van der Waals surface area (Å²) in [6.45, 7) is 21.2. The van der Waals surface area contributed by atoms with Crippen molar-refractivity contribution in [3.05, 3.63) is 85.6 Å². The molecule has 0 unspecified atom stereocenters. The van der Waals surface area contributed by atoms with Gasteiger partial charge in [0.2, 0.25) is 0 Å². The van der Waals surface area contributed by atoms with E-state index in [-0.39, 0.29) is 6.61 Å². The van der Waals surface area contributed by atoms with E-state index in [1.165, 1.54) is 6.08 Å². The summed E-state index contributed by atoms with van der Waals surface area (Å²) in [4.78, 5) is 11.4. The average Bonchev–Trinajstić information content (AvgIpc) is 2.64. The van der Waals surface area contributed by atoms with Gasteiger partial charge in [0.1, 0.15) is 6.61 Å². The monoisotopic (exact) mass is 330 g/mol. The van der Waals surface area contributed by atoms with Crippen molar-refractivity contribution >= 4 is 5.97 Å². The third kappa shape index (κ3) is 17.7. The number of carbonyl (C=O) groups is 1. The molecule has 2 nitrogen and oxygen atoms in total. The van der Waals surface area contributed by atoms with Crippen LogP contribution in [0.1, 0.15) is 41.0 Å². The minimum absolute atomic E-state index is 0.229. The quantitative estimate of drug-likeness (QED) is 0.273. The number of allylic oxidation sites excluding steroid dienone is 9. The SMILES string of the molecule is C=C/C=C(C=C)/C=C/C(=O)OC/C=C\C(C=C)=C/CC.CC.CC. The Morgan fingerprint density at radius 2 is 1.50 bits per heavy atom. The summed E-state index contributed by atoms with van der Waals surface area (Å²) in [5, 5.41) is 0. The average molecular weight is 331 g/mol. The first kappa shape index (κ1) is 26.5. The van der Waals surface area contributed by atoms with E-state index in [0.717, 1.165) is 17.6 Å². The molecule has 0 atom stereocenters. The Kier molecular flexibility index (Phi) is 25.4. The highest BCUT2D eigenvalue weighted by Crippen LogP contribution is 2.01. The lowest BCUT2D eigenvalue weighted by Crippen LogP contribution is -2.00. The van der Waals surface area contributed by atoms with E-state index in [9.17, 15) is 4.79 Å². The van der Waals surface area contributed by atoms with Crippen LogP contribution >= 0.6 is 0 Å². The summed E-state index contributed by atoms with van der Waals surface area (Å²) in [6, 6.07) is 0. The second kappa shape index (κ2) is 22.9. The first-order chi connectivity index (χ1) is 11.7. The minimum Gasteiger partial charge on any atom is -0.458 e. The van der Waals surface area contributed by atoms with Crippen molar-refractivity contribution in [3.8, 4) is 0 Å². The number of rotatable bonds is 9. The van der Waals surface area contributed by atoms with Gasteiger partial charge in [-0.1, -0.05) is 90.8 Å². The zero-order valence-electron chi connectivity index (χ0n) is 16.0. The maximum Gasteiger partial charge on any atom is 0.331 e. The molecule has 0 aliphatic heterocycles. The summed E-state index contributed by atoms with van der Waals surface area (Å²) in [6.07, 6.45) is 16.4. The number of hydrogen-bond acceptors (Lipinski definition) is 2. The topological polar surface area (TPSA) is 26.3 Å². The Morgan fingerprint density at radius 3 is 1.96 bits per heavy atom. The Balaban J connectivity index is -0.00000102. The summed E-state index contributed by atoms with van der Waals surface area (Å²) in [5.74, 6) is -0.397. The van der Waals surface area contributed by atoms with Gasteiger partial charge < -0.3 is 4.74 Å². The first-order valence-electron chi connectivity index (χ1n) is 8.47. The van der Waals surface area contributed by atoms with E-state index in [2.05, 4.69) is 26.7 Å². The van der Waals surface area contributed by atoms with E-state index < -0.39 is 5.97 Å². The third-order valence-corrected chi connectivity index (χ3v) is 2.27. The molecule has 0 radical (unpaired) electrons.